The van der Waals surface area contributed by atoms with E-state index in [4.69, 9.17) is 5.73 Å². The van der Waals surface area contributed by atoms with Crippen molar-refractivity contribution in [3.8, 4) is 17.1 Å². The number of nitrogens with zero attached hydrogens (tertiary/aromatic N) is 4. The highest BCUT2D eigenvalue weighted by atomic mass is 16.2. The van der Waals surface area contributed by atoms with E-state index in [9.17, 15) is 9.59 Å². The van der Waals surface area contributed by atoms with E-state index in [-0.39, 0.29) is 23.6 Å². The number of carbonyl (C=O) groups is 2. The van der Waals surface area contributed by atoms with Crippen molar-refractivity contribution in [2.75, 3.05) is 13.1 Å². The van der Waals surface area contributed by atoms with Crippen LogP contribution < -0.4 is 5.73 Å². The molecule has 0 saturated carbocycles. The van der Waals surface area contributed by atoms with Gasteiger partial charge >= 0.3 is 0 Å². The first kappa shape index (κ1) is 18.9. The fourth-order valence-corrected chi connectivity index (χ4v) is 3.55. The summed E-state index contributed by atoms with van der Waals surface area (Å²) in [5.74, 6) is 0.0741. The number of hydrogen-bond donors (Lipinski definition) is 1. The molecule has 2 amide bonds. The van der Waals surface area contributed by atoms with Gasteiger partial charge in [-0.05, 0) is 31.9 Å². The lowest BCUT2D eigenvalue weighted by Crippen LogP contribution is -2.42. The summed E-state index contributed by atoms with van der Waals surface area (Å²) in [5, 5.41) is 4.54. The Bertz CT molecular complexity index is 1020. The molecule has 7 nitrogen and oxygen atoms in total. The van der Waals surface area contributed by atoms with Crippen LogP contribution in [0.25, 0.3) is 17.1 Å². The van der Waals surface area contributed by atoms with Crippen molar-refractivity contribution in [1.29, 1.82) is 0 Å². The number of primary amides is 1. The van der Waals surface area contributed by atoms with Gasteiger partial charge in [0.15, 0.2) is 5.82 Å². The van der Waals surface area contributed by atoms with Crippen LogP contribution in [-0.4, -0.2) is 44.6 Å². The van der Waals surface area contributed by atoms with Crippen molar-refractivity contribution in [3.63, 3.8) is 0 Å². The number of piperidine rings is 1. The zero-order chi connectivity index (χ0) is 20.4. The molecular weight excluding hydrogens is 366 g/mol. The molecule has 1 aliphatic heterocycles. The molecule has 4 rings (SSSR count). The lowest BCUT2D eigenvalue weighted by Gasteiger charge is -2.29. The van der Waals surface area contributed by atoms with Gasteiger partial charge in [0.05, 0.1) is 5.69 Å². The highest BCUT2D eigenvalue weighted by molar-refractivity contribution is 5.91. The maximum atomic E-state index is 13.0. The number of aromatic nitrogens is 3. The van der Waals surface area contributed by atoms with Gasteiger partial charge < -0.3 is 10.6 Å². The minimum atomic E-state index is -0.301. The van der Waals surface area contributed by atoms with Crippen molar-refractivity contribution in [2.45, 2.75) is 19.8 Å². The van der Waals surface area contributed by atoms with Crippen molar-refractivity contribution in [2.24, 2.45) is 11.7 Å². The SMILES string of the molecule is Cc1ccc(-n2nc(C(=O)N3CCC(C(N)=O)CC3)nc2-c2ccccc2)cc1. The van der Waals surface area contributed by atoms with Crippen LogP contribution in [0.1, 0.15) is 29.0 Å². The molecule has 0 aliphatic carbocycles. The van der Waals surface area contributed by atoms with Gasteiger partial charge in [-0.3, -0.25) is 9.59 Å². The van der Waals surface area contributed by atoms with E-state index >= 15 is 0 Å². The van der Waals surface area contributed by atoms with Crippen LogP contribution >= 0.6 is 0 Å². The van der Waals surface area contributed by atoms with Gasteiger partial charge in [0.25, 0.3) is 5.91 Å². The van der Waals surface area contributed by atoms with Gasteiger partial charge in [0, 0.05) is 24.6 Å². The summed E-state index contributed by atoms with van der Waals surface area (Å²) >= 11 is 0. The Morgan fingerprint density at radius 1 is 1.00 bits per heavy atom. The second-order valence-corrected chi connectivity index (χ2v) is 7.34. The summed E-state index contributed by atoms with van der Waals surface area (Å²) in [4.78, 5) is 30.7. The molecule has 0 bridgehead atoms. The van der Waals surface area contributed by atoms with E-state index < -0.39 is 0 Å². The topological polar surface area (TPSA) is 94.1 Å². The number of aryl methyl sites for hydroxylation is 1. The predicted molar refractivity (Wildman–Crippen MR) is 109 cm³/mol. The number of amides is 2. The maximum Gasteiger partial charge on any atom is 0.293 e. The van der Waals surface area contributed by atoms with Crippen LogP contribution in [0.2, 0.25) is 0 Å². The molecule has 7 heteroatoms. The molecule has 0 unspecified atom stereocenters. The van der Waals surface area contributed by atoms with Gasteiger partial charge in [-0.25, -0.2) is 9.67 Å². The van der Waals surface area contributed by atoms with E-state index in [0.717, 1.165) is 16.8 Å². The Kier molecular flexibility index (Phi) is 5.12. The van der Waals surface area contributed by atoms with Crippen LogP contribution in [0.5, 0.6) is 0 Å². The van der Waals surface area contributed by atoms with Gasteiger partial charge in [-0.2, -0.15) is 0 Å². The van der Waals surface area contributed by atoms with E-state index in [2.05, 4.69) is 10.1 Å². The summed E-state index contributed by atoms with van der Waals surface area (Å²) in [7, 11) is 0. The minimum Gasteiger partial charge on any atom is -0.369 e. The molecule has 3 aromatic rings. The molecular formula is C22H23N5O2. The number of hydrogen-bond acceptors (Lipinski definition) is 4. The molecule has 1 fully saturated rings. The van der Waals surface area contributed by atoms with E-state index in [1.54, 1.807) is 9.58 Å². The Morgan fingerprint density at radius 3 is 2.28 bits per heavy atom. The second kappa shape index (κ2) is 7.87. The molecule has 1 saturated heterocycles. The van der Waals surface area contributed by atoms with Crippen LogP contribution in [0, 0.1) is 12.8 Å². The Balaban J connectivity index is 1.67. The molecule has 1 aliphatic rings. The Hall–Kier alpha value is -3.48. The first-order chi connectivity index (χ1) is 14.0. The number of nitrogens with two attached hydrogens (primary N) is 1. The normalized spacial score (nSPS) is 14.7. The third-order valence-electron chi connectivity index (χ3n) is 5.29. The molecule has 0 atom stereocenters. The van der Waals surface area contributed by atoms with Crippen LogP contribution in [0.4, 0.5) is 0 Å². The smallest absolute Gasteiger partial charge is 0.293 e. The molecule has 2 aromatic carbocycles. The van der Waals surface area contributed by atoms with Crippen molar-refractivity contribution in [1.82, 2.24) is 19.7 Å². The Morgan fingerprint density at radius 2 is 1.66 bits per heavy atom. The van der Waals surface area contributed by atoms with E-state index in [0.29, 0.717) is 31.8 Å². The molecule has 148 valence electrons. The molecule has 1 aromatic heterocycles. The fourth-order valence-electron chi connectivity index (χ4n) is 3.55. The predicted octanol–water partition coefficient (Wildman–Crippen LogP) is 2.58. The van der Waals surface area contributed by atoms with Gasteiger partial charge in [0.2, 0.25) is 11.7 Å². The number of rotatable bonds is 4. The van der Waals surface area contributed by atoms with Gasteiger partial charge in [0.1, 0.15) is 0 Å². The molecule has 29 heavy (non-hydrogen) atoms. The average Bonchev–Trinajstić information content (AvgIpc) is 3.20. The largest absolute Gasteiger partial charge is 0.369 e. The highest BCUT2D eigenvalue weighted by Gasteiger charge is 2.29. The molecule has 2 heterocycles. The summed E-state index contributed by atoms with van der Waals surface area (Å²) < 4.78 is 1.71. The molecule has 0 radical (unpaired) electrons. The zero-order valence-corrected chi connectivity index (χ0v) is 16.3. The zero-order valence-electron chi connectivity index (χ0n) is 16.3. The Labute approximate surface area is 169 Å². The van der Waals surface area contributed by atoms with Gasteiger partial charge in [-0.1, -0.05) is 48.0 Å². The highest BCUT2D eigenvalue weighted by Crippen LogP contribution is 2.23. The van der Waals surface area contributed by atoms with Crippen LogP contribution in [0.3, 0.4) is 0 Å². The molecule has 2 N–H and O–H groups in total. The minimum absolute atomic E-state index is 0.155. The summed E-state index contributed by atoms with van der Waals surface area (Å²) in [6, 6.07) is 17.6. The van der Waals surface area contributed by atoms with Crippen LogP contribution in [-0.2, 0) is 4.79 Å². The lowest BCUT2D eigenvalue weighted by atomic mass is 9.96. The summed E-state index contributed by atoms with van der Waals surface area (Å²) in [5.41, 5.74) is 8.26. The quantitative estimate of drug-likeness (QED) is 0.742. The second-order valence-electron chi connectivity index (χ2n) is 7.34. The lowest BCUT2D eigenvalue weighted by molar-refractivity contribution is -0.123. The van der Waals surface area contributed by atoms with Crippen LogP contribution in [0.15, 0.2) is 54.6 Å². The summed E-state index contributed by atoms with van der Waals surface area (Å²) in [6.07, 6.45) is 1.15. The van der Waals surface area contributed by atoms with Crippen molar-refractivity contribution in [3.05, 3.63) is 66.0 Å². The van der Waals surface area contributed by atoms with E-state index in [1.807, 2.05) is 61.5 Å². The number of benzene rings is 2. The summed E-state index contributed by atoms with van der Waals surface area (Å²) in [6.45, 7) is 2.98. The van der Waals surface area contributed by atoms with Gasteiger partial charge in [-0.15, -0.1) is 5.10 Å². The standard InChI is InChI=1S/C22H23N5O2/c1-15-7-9-18(10-8-15)27-21(17-5-3-2-4-6-17)24-20(25-27)22(29)26-13-11-16(12-14-26)19(23)28/h2-10,16H,11-14H2,1H3,(H2,23,28). The number of carbonyl (C=O) groups excluding carboxylic acids is 2. The third kappa shape index (κ3) is 3.89. The first-order valence-corrected chi connectivity index (χ1v) is 9.71. The van der Waals surface area contributed by atoms with Crippen molar-refractivity contribution < 1.29 is 9.59 Å². The molecule has 0 spiro atoms. The average molecular weight is 389 g/mol. The number of likely N-dealkylation sites (tertiary alicyclic amines) is 1. The maximum absolute atomic E-state index is 13.0. The van der Waals surface area contributed by atoms with E-state index in [1.165, 1.54) is 0 Å². The van der Waals surface area contributed by atoms with Crippen molar-refractivity contribution >= 4 is 11.8 Å². The third-order valence-corrected chi connectivity index (χ3v) is 5.29. The first-order valence-electron chi connectivity index (χ1n) is 9.71. The fraction of sp³-hybridized carbons (Fsp3) is 0.273. The monoisotopic (exact) mass is 389 g/mol.